The maximum atomic E-state index is 12.7. The van der Waals surface area contributed by atoms with Gasteiger partial charge in [0.2, 0.25) is 0 Å². The minimum absolute atomic E-state index is 0.234. The van der Waals surface area contributed by atoms with E-state index in [1.165, 1.54) is 12.1 Å². The van der Waals surface area contributed by atoms with E-state index in [1.54, 1.807) is 12.1 Å². The summed E-state index contributed by atoms with van der Waals surface area (Å²) in [4.78, 5) is 0. The van der Waals surface area contributed by atoms with Gasteiger partial charge in [0.05, 0.1) is 5.76 Å². The van der Waals surface area contributed by atoms with Crippen molar-refractivity contribution >= 4 is 7.12 Å². The van der Waals surface area contributed by atoms with Crippen LogP contribution in [-0.2, 0) is 15.6 Å². The molecule has 0 spiro atoms. The fraction of sp³-hybridized carbons (Fsp3) is 0.333. The average molecular weight is 220 g/mol. The molecule has 4 heteroatoms. The summed E-state index contributed by atoms with van der Waals surface area (Å²) in [7, 11) is -0.326. The van der Waals surface area contributed by atoms with Crippen LogP contribution in [-0.4, -0.2) is 12.7 Å². The molecule has 0 bridgehead atoms. The highest BCUT2D eigenvalue weighted by Gasteiger charge is 2.41. The van der Waals surface area contributed by atoms with Crippen LogP contribution in [0.3, 0.4) is 0 Å². The lowest BCUT2D eigenvalue weighted by Gasteiger charge is -2.15. The summed E-state index contributed by atoms with van der Waals surface area (Å²) in [6.45, 7) is 7.64. The molecule has 0 aliphatic carbocycles. The normalized spacial score (nSPS) is 18.7. The standard InChI is InChI=1S/C12H14BFO2/c1-9-12(2,3)16-13(15-9)8-10-4-6-11(14)7-5-10/h4-7H,1,8H2,2-3H3. The predicted molar refractivity (Wildman–Crippen MR) is 61.2 cm³/mol. The van der Waals surface area contributed by atoms with Gasteiger partial charge in [0.25, 0.3) is 0 Å². The number of hydrogen-bond acceptors (Lipinski definition) is 2. The molecule has 0 saturated carbocycles. The molecule has 1 aromatic carbocycles. The van der Waals surface area contributed by atoms with Crippen LogP contribution >= 0.6 is 0 Å². The predicted octanol–water partition coefficient (Wildman–Crippen LogP) is 2.73. The van der Waals surface area contributed by atoms with Crippen LogP contribution in [0.5, 0.6) is 0 Å². The summed E-state index contributed by atoms with van der Waals surface area (Å²) < 4.78 is 23.9. The third-order valence-corrected chi connectivity index (χ3v) is 2.69. The van der Waals surface area contributed by atoms with Crippen molar-refractivity contribution in [1.29, 1.82) is 0 Å². The zero-order valence-corrected chi connectivity index (χ0v) is 9.50. The fourth-order valence-corrected chi connectivity index (χ4v) is 1.62. The van der Waals surface area contributed by atoms with E-state index < -0.39 is 5.60 Å². The van der Waals surface area contributed by atoms with Crippen LogP contribution in [0.4, 0.5) is 4.39 Å². The van der Waals surface area contributed by atoms with Crippen molar-refractivity contribution in [3.63, 3.8) is 0 Å². The first-order valence-corrected chi connectivity index (χ1v) is 5.26. The molecule has 0 aromatic heterocycles. The first-order valence-electron chi connectivity index (χ1n) is 5.26. The Morgan fingerprint density at radius 2 is 1.94 bits per heavy atom. The van der Waals surface area contributed by atoms with E-state index in [0.29, 0.717) is 12.1 Å². The molecule has 16 heavy (non-hydrogen) atoms. The summed E-state index contributed by atoms with van der Waals surface area (Å²) in [5.74, 6) is 0.404. The van der Waals surface area contributed by atoms with Crippen LogP contribution < -0.4 is 0 Å². The van der Waals surface area contributed by atoms with E-state index in [0.717, 1.165) is 5.56 Å². The quantitative estimate of drug-likeness (QED) is 0.713. The smallest absolute Gasteiger partial charge is 0.530 e. The van der Waals surface area contributed by atoms with Crippen molar-refractivity contribution in [3.05, 3.63) is 48.0 Å². The van der Waals surface area contributed by atoms with Gasteiger partial charge in [-0.15, -0.1) is 0 Å². The molecule has 1 heterocycles. The lowest BCUT2D eigenvalue weighted by molar-refractivity contribution is 0.169. The number of rotatable bonds is 2. The highest BCUT2D eigenvalue weighted by atomic mass is 19.1. The van der Waals surface area contributed by atoms with E-state index >= 15 is 0 Å². The Morgan fingerprint density at radius 3 is 2.44 bits per heavy atom. The van der Waals surface area contributed by atoms with Crippen molar-refractivity contribution in [2.24, 2.45) is 0 Å². The molecule has 2 rings (SSSR count). The van der Waals surface area contributed by atoms with Crippen LogP contribution in [0.15, 0.2) is 36.6 Å². The summed E-state index contributed by atoms with van der Waals surface area (Å²) in [5, 5.41) is 0. The molecular formula is C12H14BFO2. The minimum atomic E-state index is -0.440. The Kier molecular flexibility index (Phi) is 2.76. The summed E-state index contributed by atoms with van der Waals surface area (Å²) in [5.41, 5.74) is 0.543. The van der Waals surface area contributed by atoms with E-state index in [2.05, 4.69) is 6.58 Å². The van der Waals surface area contributed by atoms with Gasteiger partial charge in [0.1, 0.15) is 11.4 Å². The minimum Gasteiger partial charge on any atom is -0.537 e. The number of benzene rings is 1. The topological polar surface area (TPSA) is 18.5 Å². The molecular weight excluding hydrogens is 206 g/mol. The highest BCUT2D eigenvalue weighted by molar-refractivity contribution is 6.45. The Morgan fingerprint density at radius 1 is 1.31 bits per heavy atom. The van der Waals surface area contributed by atoms with Crippen molar-refractivity contribution in [2.75, 3.05) is 0 Å². The SMILES string of the molecule is C=C1OB(Cc2ccc(F)cc2)OC1(C)C. The maximum absolute atomic E-state index is 12.7. The Bertz CT molecular complexity index is 400. The molecule has 1 aliphatic rings. The number of hydrogen-bond donors (Lipinski definition) is 0. The molecule has 2 nitrogen and oxygen atoms in total. The van der Waals surface area contributed by atoms with E-state index in [1.807, 2.05) is 13.8 Å². The van der Waals surface area contributed by atoms with Crippen LogP contribution in [0.25, 0.3) is 0 Å². The largest absolute Gasteiger partial charge is 0.537 e. The maximum Gasteiger partial charge on any atom is 0.530 e. The third kappa shape index (κ3) is 2.27. The first-order chi connectivity index (χ1) is 7.47. The van der Waals surface area contributed by atoms with Crippen molar-refractivity contribution in [1.82, 2.24) is 0 Å². The van der Waals surface area contributed by atoms with Gasteiger partial charge in [-0.25, -0.2) is 4.39 Å². The Labute approximate surface area is 95.2 Å². The van der Waals surface area contributed by atoms with Gasteiger partial charge < -0.3 is 9.31 Å². The van der Waals surface area contributed by atoms with Gasteiger partial charge in [0.15, 0.2) is 0 Å². The van der Waals surface area contributed by atoms with E-state index in [9.17, 15) is 4.39 Å². The lowest BCUT2D eigenvalue weighted by atomic mass is 9.81. The summed E-state index contributed by atoms with van der Waals surface area (Å²) in [6.07, 6.45) is 0.600. The second-order valence-corrected chi connectivity index (χ2v) is 4.43. The third-order valence-electron chi connectivity index (χ3n) is 2.69. The summed E-state index contributed by atoms with van der Waals surface area (Å²) >= 11 is 0. The van der Waals surface area contributed by atoms with Crippen LogP contribution in [0.1, 0.15) is 19.4 Å². The molecule has 1 fully saturated rings. The monoisotopic (exact) mass is 220 g/mol. The van der Waals surface area contributed by atoms with Gasteiger partial charge in [0, 0.05) is 6.32 Å². The summed E-state index contributed by atoms with van der Waals surface area (Å²) in [6, 6.07) is 6.33. The van der Waals surface area contributed by atoms with Crippen molar-refractivity contribution in [2.45, 2.75) is 25.8 Å². The molecule has 1 aromatic rings. The van der Waals surface area contributed by atoms with E-state index in [4.69, 9.17) is 9.31 Å². The molecule has 1 aliphatic heterocycles. The van der Waals surface area contributed by atoms with Gasteiger partial charge in [-0.3, -0.25) is 0 Å². The number of halogens is 1. The van der Waals surface area contributed by atoms with Gasteiger partial charge in [-0.2, -0.15) is 0 Å². The lowest BCUT2D eigenvalue weighted by Crippen LogP contribution is -2.25. The molecule has 1 saturated heterocycles. The molecule has 0 amide bonds. The van der Waals surface area contributed by atoms with Crippen molar-refractivity contribution in [3.8, 4) is 0 Å². The molecule has 0 N–H and O–H groups in total. The molecule has 84 valence electrons. The average Bonchev–Trinajstić information content (AvgIpc) is 2.44. The second kappa shape index (κ2) is 3.94. The zero-order valence-electron chi connectivity index (χ0n) is 9.50. The molecule has 0 atom stereocenters. The van der Waals surface area contributed by atoms with Crippen LogP contribution in [0, 0.1) is 5.82 Å². The Hall–Kier alpha value is -1.29. The molecule has 0 unspecified atom stereocenters. The second-order valence-electron chi connectivity index (χ2n) is 4.43. The van der Waals surface area contributed by atoms with Crippen LogP contribution in [0.2, 0.25) is 0 Å². The van der Waals surface area contributed by atoms with Gasteiger partial charge in [-0.1, -0.05) is 18.7 Å². The van der Waals surface area contributed by atoms with Gasteiger partial charge in [-0.05, 0) is 31.5 Å². The zero-order chi connectivity index (χ0) is 11.8. The highest BCUT2D eigenvalue weighted by Crippen LogP contribution is 2.30. The fourth-order valence-electron chi connectivity index (χ4n) is 1.62. The van der Waals surface area contributed by atoms with Gasteiger partial charge >= 0.3 is 7.12 Å². The molecule has 0 radical (unpaired) electrons. The van der Waals surface area contributed by atoms with Crippen molar-refractivity contribution < 1.29 is 13.7 Å². The first kappa shape index (κ1) is 11.2. The Balaban J connectivity index is 2.02. The van der Waals surface area contributed by atoms with E-state index in [-0.39, 0.29) is 12.9 Å².